The van der Waals surface area contributed by atoms with Crippen molar-refractivity contribution >= 4 is 17.4 Å². The van der Waals surface area contributed by atoms with E-state index in [1.165, 1.54) is 17.0 Å². The number of aliphatic hydroxyl groups excluding tert-OH is 1. The van der Waals surface area contributed by atoms with E-state index >= 15 is 0 Å². The van der Waals surface area contributed by atoms with Gasteiger partial charge < -0.3 is 19.5 Å². The summed E-state index contributed by atoms with van der Waals surface area (Å²) >= 11 is 0. The number of rotatable bonds is 7. The van der Waals surface area contributed by atoms with Crippen molar-refractivity contribution in [2.45, 2.75) is 32.9 Å². The van der Waals surface area contributed by atoms with Gasteiger partial charge in [0.15, 0.2) is 11.6 Å². The van der Waals surface area contributed by atoms with Gasteiger partial charge in [0.25, 0.3) is 11.7 Å². The molecule has 2 fully saturated rings. The van der Waals surface area contributed by atoms with E-state index in [9.17, 15) is 19.1 Å². The van der Waals surface area contributed by atoms with Crippen LogP contribution in [0.15, 0.2) is 48.0 Å². The fraction of sp³-hybridized carbons (Fsp3) is 0.407. The third kappa shape index (κ3) is 5.39. The summed E-state index contributed by atoms with van der Waals surface area (Å²) in [4.78, 5) is 30.0. The topological polar surface area (TPSA) is 79.3 Å². The number of ether oxygens (including phenoxy) is 2. The van der Waals surface area contributed by atoms with Gasteiger partial charge in [-0.15, -0.1) is 0 Å². The molecule has 186 valence electrons. The maximum absolute atomic E-state index is 14.7. The van der Waals surface area contributed by atoms with Gasteiger partial charge in [-0.2, -0.15) is 0 Å². The number of aryl methyl sites for hydroxylation is 1. The summed E-state index contributed by atoms with van der Waals surface area (Å²) in [5, 5.41) is 11.2. The Balaban J connectivity index is 1.72. The molecule has 2 aliphatic heterocycles. The fourth-order valence-electron chi connectivity index (χ4n) is 4.43. The van der Waals surface area contributed by atoms with Crippen molar-refractivity contribution in [3.05, 3.63) is 70.5 Å². The minimum atomic E-state index is -0.780. The quantitative estimate of drug-likeness (QED) is 0.369. The highest BCUT2D eigenvalue weighted by Gasteiger charge is 2.46. The number of hydrogen-bond donors (Lipinski definition) is 1. The van der Waals surface area contributed by atoms with Crippen LogP contribution in [0.4, 0.5) is 4.39 Å². The highest BCUT2D eigenvalue weighted by atomic mass is 19.1. The molecule has 0 unspecified atom stereocenters. The molecule has 7 nitrogen and oxygen atoms in total. The average molecular weight is 483 g/mol. The molecule has 0 aliphatic carbocycles. The van der Waals surface area contributed by atoms with E-state index in [0.717, 1.165) is 24.7 Å². The van der Waals surface area contributed by atoms with E-state index in [-0.39, 0.29) is 23.0 Å². The van der Waals surface area contributed by atoms with Crippen LogP contribution in [-0.4, -0.2) is 72.1 Å². The summed E-state index contributed by atoms with van der Waals surface area (Å²) < 4.78 is 25.5. The summed E-state index contributed by atoms with van der Waals surface area (Å²) in [5.74, 6) is -2.46. The molecule has 8 heteroatoms. The zero-order valence-corrected chi connectivity index (χ0v) is 20.3. The number of carbonyl (C=O) groups excluding carboxylic acids is 2. The highest BCUT2D eigenvalue weighted by Crippen LogP contribution is 2.39. The normalized spacial score (nSPS) is 20.6. The smallest absolute Gasteiger partial charge is 0.295 e. The molecular weight excluding hydrogens is 451 g/mol. The van der Waals surface area contributed by atoms with Gasteiger partial charge >= 0.3 is 0 Å². The molecule has 2 aliphatic rings. The monoisotopic (exact) mass is 482 g/mol. The maximum Gasteiger partial charge on any atom is 0.295 e. The van der Waals surface area contributed by atoms with Crippen molar-refractivity contribution in [3.63, 3.8) is 0 Å². The molecule has 1 atom stereocenters. The number of nitrogens with zero attached hydrogens (tertiary/aromatic N) is 2. The first-order chi connectivity index (χ1) is 16.8. The minimum absolute atomic E-state index is 0.0437. The molecule has 0 radical (unpaired) electrons. The second-order valence-electron chi connectivity index (χ2n) is 9.17. The Hall–Kier alpha value is -3.23. The van der Waals surface area contributed by atoms with Gasteiger partial charge in [0.2, 0.25) is 0 Å². The summed E-state index contributed by atoms with van der Waals surface area (Å²) in [6, 6.07) is 10.8. The standard InChI is InChI=1S/C27H31FN2O5/c1-17(2)35-22-9-8-20(16-21(22)28)25(31)23-24(19-6-4-18(3)5-7-19)30(27(33)26(23)32)11-10-29-12-14-34-15-13-29/h4-9,16-17,24,31H,10-15H2,1-3H3/t24-/m1/s1. The molecule has 0 saturated carbocycles. The Morgan fingerprint density at radius 3 is 2.43 bits per heavy atom. The lowest BCUT2D eigenvalue weighted by Crippen LogP contribution is -2.42. The number of halogens is 1. The number of benzene rings is 2. The van der Waals surface area contributed by atoms with Gasteiger partial charge in [0.05, 0.1) is 30.9 Å². The van der Waals surface area contributed by atoms with Gasteiger partial charge in [0.1, 0.15) is 5.76 Å². The molecular formula is C27H31FN2O5. The zero-order valence-electron chi connectivity index (χ0n) is 20.3. The molecule has 35 heavy (non-hydrogen) atoms. The summed E-state index contributed by atoms with van der Waals surface area (Å²) in [6.45, 7) is 9.17. The predicted molar refractivity (Wildman–Crippen MR) is 130 cm³/mol. The van der Waals surface area contributed by atoms with E-state index < -0.39 is 29.3 Å². The lowest BCUT2D eigenvalue weighted by molar-refractivity contribution is -0.140. The van der Waals surface area contributed by atoms with Gasteiger partial charge in [-0.25, -0.2) is 4.39 Å². The number of morpholine rings is 1. The van der Waals surface area contributed by atoms with Crippen LogP contribution < -0.4 is 4.74 Å². The van der Waals surface area contributed by atoms with E-state index in [1.807, 2.05) is 31.2 Å². The van der Waals surface area contributed by atoms with Crippen molar-refractivity contribution in [1.82, 2.24) is 9.80 Å². The number of amides is 1. The largest absolute Gasteiger partial charge is 0.507 e. The molecule has 0 bridgehead atoms. The molecule has 1 amide bonds. The zero-order chi connectivity index (χ0) is 25.1. The molecule has 2 aromatic rings. The van der Waals surface area contributed by atoms with Crippen molar-refractivity contribution in [1.29, 1.82) is 0 Å². The van der Waals surface area contributed by atoms with Crippen LogP contribution >= 0.6 is 0 Å². The first-order valence-corrected chi connectivity index (χ1v) is 11.9. The predicted octanol–water partition coefficient (Wildman–Crippen LogP) is 3.68. The van der Waals surface area contributed by atoms with E-state index in [4.69, 9.17) is 9.47 Å². The highest BCUT2D eigenvalue weighted by molar-refractivity contribution is 6.46. The Kier molecular flexibility index (Phi) is 7.52. The first kappa shape index (κ1) is 24.9. The van der Waals surface area contributed by atoms with Crippen LogP contribution in [0.1, 0.15) is 36.6 Å². The third-order valence-electron chi connectivity index (χ3n) is 6.26. The SMILES string of the molecule is Cc1ccc([C@@H]2C(=C(O)c3ccc(OC(C)C)c(F)c3)C(=O)C(=O)N2CCN2CCOCC2)cc1. The van der Waals surface area contributed by atoms with E-state index in [2.05, 4.69) is 4.90 Å². The Labute approximate surface area is 204 Å². The average Bonchev–Trinajstić information content (AvgIpc) is 3.09. The Bertz CT molecular complexity index is 1120. The van der Waals surface area contributed by atoms with Crippen LogP contribution in [0.5, 0.6) is 5.75 Å². The van der Waals surface area contributed by atoms with Gasteiger partial charge in [-0.05, 0) is 44.5 Å². The third-order valence-corrected chi connectivity index (χ3v) is 6.26. The van der Waals surface area contributed by atoms with Crippen molar-refractivity contribution in [2.24, 2.45) is 0 Å². The number of carbonyl (C=O) groups is 2. The number of hydrogen-bond acceptors (Lipinski definition) is 6. The molecule has 2 saturated heterocycles. The summed E-state index contributed by atoms with van der Waals surface area (Å²) in [7, 11) is 0. The molecule has 4 rings (SSSR count). The van der Waals surface area contributed by atoms with Crippen molar-refractivity contribution in [3.8, 4) is 5.75 Å². The summed E-state index contributed by atoms with van der Waals surface area (Å²) in [6.07, 6.45) is -0.220. The second-order valence-corrected chi connectivity index (χ2v) is 9.17. The van der Waals surface area contributed by atoms with Gasteiger partial charge in [-0.1, -0.05) is 29.8 Å². The van der Waals surface area contributed by atoms with Crippen molar-refractivity contribution < 1.29 is 28.6 Å². The minimum Gasteiger partial charge on any atom is -0.507 e. The number of aliphatic hydroxyl groups is 1. The van der Waals surface area contributed by atoms with Gasteiger partial charge in [0, 0.05) is 31.7 Å². The van der Waals surface area contributed by atoms with Crippen LogP contribution in [0.25, 0.3) is 5.76 Å². The molecule has 0 spiro atoms. The number of Topliss-reactive ketones (excluding diaryl/α,β-unsaturated/α-hetero) is 1. The van der Waals surface area contributed by atoms with Crippen LogP contribution in [-0.2, 0) is 14.3 Å². The number of ketones is 1. The number of likely N-dealkylation sites (tertiary alicyclic amines) is 1. The van der Waals surface area contributed by atoms with E-state index in [0.29, 0.717) is 31.9 Å². The van der Waals surface area contributed by atoms with Crippen molar-refractivity contribution in [2.75, 3.05) is 39.4 Å². The van der Waals surface area contributed by atoms with Gasteiger partial charge in [-0.3, -0.25) is 14.5 Å². The summed E-state index contributed by atoms with van der Waals surface area (Å²) in [5.41, 5.74) is 1.81. The first-order valence-electron chi connectivity index (χ1n) is 11.9. The Morgan fingerprint density at radius 1 is 1.11 bits per heavy atom. The van der Waals surface area contributed by atoms with Crippen LogP contribution in [0.3, 0.4) is 0 Å². The maximum atomic E-state index is 14.7. The second kappa shape index (κ2) is 10.6. The Morgan fingerprint density at radius 2 is 1.80 bits per heavy atom. The molecule has 1 N–H and O–H groups in total. The molecule has 2 aromatic carbocycles. The van der Waals surface area contributed by atoms with Crippen LogP contribution in [0, 0.1) is 12.7 Å². The van der Waals surface area contributed by atoms with E-state index in [1.54, 1.807) is 13.8 Å². The van der Waals surface area contributed by atoms with Crippen LogP contribution in [0.2, 0.25) is 0 Å². The molecule has 2 heterocycles. The fourth-order valence-corrected chi connectivity index (χ4v) is 4.43. The lowest BCUT2D eigenvalue weighted by atomic mass is 9.94. The lowest BCUT2D eigenvalue weighted by Gasteiger charge is -2.31. The molecule has 0 aromatic heterocycles.